The van der Waals surface area contributed by atoms with Gasteiger partial charge in [-0.05, 0) is 151 Å². The van der Waals surface area contributed by atoms with Gasteiger partial charge in [-0.2, -0.15) is 0 Å². The minimum atomic E-state index is -0.275. The van der Waals surface area contributed by atoms with Gasteiger partial charge in [-0.15, -0.1) is 65.2 Å². The van der Waals surface area contributed by atoms with Crippen LogP contribution in [0.1, 0.15) is 116 Å². The SMILES string of the molecule is CC(C)(C)c1ccc(N2c3ccc(C(C)(C)C)cc3B3c4cc(C(C)(C)C)ccc4N(c4ccc(C(C)(C)C)cc4)c4cc(-c5cc[c-]c(-c6ccccn6)c5)cc2c43)cc1.Cc1cnc(-c2[c-]cc(F)cc2)cc1C.[Ir]. The molecule has 0 N–H and O–H groups in total. The Morgan fingerprint density at radius 1 is 0.455 bits per heavy atom. The number of aromatic nitrogens is 2. The van der Waals surface area contributed by atoms with Gasteiger partial charge in [0, 0.05) is 72.4 Å². The fourth-order valence-electron chi connectivity index (χ4n) is 10.5. The molecule has 0 amide bonds. The molecule has 4 nitrogen and oxygen atoms in total. The van der Waals surface area contributed by atoms with E-state index in [1.807, 2.05) is 50.5 Å². The van der Waals surface area contributed by atoms with Gasteiger partial charge in [0.2, 0.25) is 0 Å². The first-order valence-corrected chi connectivity index (χ1v) is 26.8. The summed E-state index contributed by atoms with van der Waals surface area (Å²) in [5.41, 5.74) is 24.7. The molecule has 391 valence electrons. The second-order valence-corrected chi connectivity index (χ2v) is 25.0. The number of hydrogen-bond donors (Lipinski definition) is 0. The first-order valence-electron chi connectivity index (χ1n) is 26.8. The Morgan fingerprint density at radius 3 is 1.43 bits per heavy atom. The maximum atomic E-state index is 12.7. The van der Waals surface area contributed by atoms with Crippen LogP contribution in [0.25, 0.3) is 33.6 Å². The summed E-state index contributed by atoms with van der Waals surface area (Å²) in [5, 5.41) is 0. The maximum absolute atomic E-state index is 12.7. The zero-order valence-electron chi connectivity index (χ0n) is 47.2. The Morgan fingerprint density at radius 2 is 0.974 bits per heavy atom. The predicted octanol–water partition coefficient (Wildman–Crippen LogP) is 16.8. The number of pyridine rings is 2. The second-order valence-electron chi connectivity index (χ2n) is 25.0. The Kier molecular flexibility index (Phi) is 14.8. The van der Waals surface area contributed by atoms with Crippen molar-refractivity contribution < 1.29 is 24.5 Å². The molecule has 7 heteroatoms. The van der Waals surface area contributed by atoms with E-state index in [9.17, 15) is 4.39 Å². The monoisotopic (exact) mass is 1190 g/mol. The van der Waals surface area contributed by atoms with Gasteiger partial charge in [-0.1, -0.05) is 155 Å². The predicted molar refractivity (Wildman–Crippen MR) is 321 cm³/mol. The number of nitrogens with zero attached hydrogens (tertiary/aromatic N) is 4. The first kappa shape index (κ1) is 54.9. The number of aryl methyl sites for hydroxylation is 2. The summed E-state index contributed by atoms with van der Waals surface area (Å²) in [6.07, 6.45) is 3.68. The Bertz CT molecular complexity index is 3450. The molecule has 4 heterocycles. The summed E-state index contributed by atoms with van der Waals surface area (Å²) >= 11 is 0. The van der Waals surface area contributed by atoms with E-state index in [-0.39, 0.29) is 54.3 Å². The van der Waals surface area contributed by atoms with Gasteiger partial charge in [-0.25, -0.2) is 0 Å². The summed E-state index contributed by atoms with van der Waals surface area (Å²) in [7, 11) is 0. The van der Waals surface area contributed by atoms with Crippen LogP contribution in [0.2, 0.25) is 0 Å². The molecule has 9 aromatic rings. The Labute approximate surface area is 472 Å². The first-order chi connectivity index (χ1) is 35.9. The maximum Gasteiger partial charge on any atom is 0.252 e. The quantitative estimate of drug-likeness (QED) is 0.127. The van der Waals surface area contributed by atoms with Crippen molar-refractivity contribution in [3.63, 3.8) is 0 Å². The molecule has 77 heavy (non-hydrogen) atoms. The minimum Gasteiger partial charge on any atom is -0.311 e. The molecular weight excluding hydrogens is 1120 g/mol. The molecule has 0 aliphatic carbocycles. The molecule has 0 saturated carbocycles. The zero-order valence-corrected chi connectivity index (χ0v) is 49.6. The van der Waals surface area contributed by atoms with Gasteiger partial charge in [-0.3, -0.25) is 4.39 Å². The van der Waals surface area contributed by atoms with Crippen molar-refractivity contribution in [1.29, 1.82) is 0 Å². The van der Waals surface area contributed by atoms with Crippen LogP contribution < -0.4 is 26.2 Å². The van der Waals surface area contributed by atoms with E-state index in [2.05, 4.69) is 225 Å². The Balaban J connectivity index is 0.000000388. The van der Waals surface area contributed by atoms with E-state index in [1.165, 1.54) is 79.1 Å². The third-order valence-electron chi connectivity index (χ3n) is 15.3. The summed E-state index contributed by atoms with van der Waals surface area (Å²) in [5.74, 6) is -0.275. The minimum absolute atomic E-state index is 0. The molecule has 1 radical (unpaired) electrons. The van der Waals surface area contributed by atoms with E-state index in [0.29, 0.717) is 0 Å². The van der Waals surface area contributed by atoms with Gasteiger partial charge < -0.3 is 19.8 Å². The van der Waals surface area contributed by atoms with Crippen LogP contribution in [-0.2, 0) is 41.8 Å². The summed E-state index contributed by atoms with van der Waals surface area (Å²) in [6, 6.07) is 63.4. The van der Waals surface area contributed by atoms with Crippen LogP contribution in [0.4, 0.5) is 38.5 Å². The van der Waals surface area contributed by atoms with Crippen molar-refractivity contribution in [2.24, 2.45) is 0 Å². The largest absolute Gasteiger partial charge is 0.311 e. The molecule has 2 aliphatic rings. The van der Waals surface area contributed by atoms with E-state index in [4.69, 9.17) is 4.98 Å². The van der Waals surface area contributed by atoms with E-state index in [0.717, 1.165) is 50.6 Å². The Hall–Kier alpha value is -6.92. The van der Waals surface area contributed by atoms with Crippen LogP contribution >= 0.6 is 0 Å². The molecule has 2 aliphatic heterocycles. The van der Waals surface area contributed by atoms with Crippen molar-refractivity contribution in [1.82, 2.24) is 9.97 Å². The molecule has 7 aromatic carbocycles. The molecule has 0 atom stereocenters. The number of anilines is 6. The third-order valence-corrected chi connectivity index (χ3v) is 15.3. The van der Waals surface area contributed by atoms with Crippen molar-refractivity contribution >= 4 is 57.2 Å². The molecule has 0 saturated heterocycles. The molecule has 0 bridgehead atoms. The average molecular weight is 1190 g/mol. The van der Waals surface area contributed by atoms with E-state index in [1.54, 1.807) is 6.07 Å². The van der Waals surface area contributed by atoms with Crippen LogP contribution in [0, 0.1) is 31.8 Å². The van der Waals surface area contributed by atoms with Gasteiger partial charge in [0.05, 0.1) is 0 Å². The molecule has 11 rings (SSSR count). The summed E-state index contributed by atoms with van der Waals surface area (Å²) in [4.78, 5) is 14.1. The van der Waals surface area contributed by atoms with Crippen LogP contribution in [0.5, 0.6) is 0 Å². The molecule has 2 aromatic heterocycles. The normalized spacial score (nSPS) is 12.9. The average Bonchev–Trinajstić information content (AvgIpc) is 3.50. The standard InChI is InChI=1S/C57H59BN3.C13H11FN.Ir/c1-54(2,3)40-19-25-44(26-20-40)60-49-29-23-42(56(7,8)9)35-46(49)58-47-36-43(57(10,11)12)24-30-50(47)61(45-27-21-41(22-28-45)55(4,5)6)52-34-39(33-51(60)53(52)58)37-16-15-17-38(32-37)48-18-13-14-31-59-48;1-9-7-13(15-8-10(9)2)11-3-5-12(14)6-4-11;/h13-16,18-36H,1-12H3;3,5-8H,1-2H3;/q2*-1;. The van der Waals surface area contributed by atoms with Gasteiger partial charge in [0.1, 0.15) is 0 Å². The second kappa shape index (κ2) is 20.8. The molecular formula is C70H70BFIrN4-2. The number of halogens is 1. The van der Waals surface area contributed by atoms with Crippen molar-refractivity contribution in [2.75, 3.05) is 9.80 Å². The number of rotatable bonds is 5. The fourth-order valence-corrected chi connectivity index (χ4v) is 10.5. The topological polar surface area (TPSA) is 32.3 Å². The van der Waals surface area contributed by atoms with Gasteiger partial charge >= 0.3 is 0 Å². The smallest absolute Gasteiger partial charge is 0.252 e. The third kappa shape index (κ3) is 11.0. The van der Waals surface area contributed by atoms with E-state index >= 15 is 0 Å². The number of fused-ring (bicyclic) bond motifs is 4. The van der Waals surface area contributed by atoms with Crippen LogP contribution in [0.3, 0.4) is 0 Å². The van der Waals surface area contributed by atoms with Crippen LogP contribution in [-0.4, -0.2) is 16.7 Å². The van der Waals surface area contributed by atoms with Crippen molar-refractivity contribution in [3.8, 4) is 33.6 Å². The van der Waals surface area contributed by atoms with Crippen LogP contribution in [0.15, 0.2) is 170 Å². The molecule has 0 spiro atoms. The zero-order chi connectivity index (χ0) is 54.1. The molecule has 0 unspecified atom stereocenters. The van der Waals surface area contributed by atoms with E-state index < -0.39 is 0 Å². The fraction of sp³-hybridized carbons (Fsp3) is 0.257. The van der Waals surface area contributed by atoms with Crippen molar-refractivity contribution in [3.05, 3.63) is 221 Å². The number of benzene rings is 7. The number of hydrogen-bond acceptors (Lipinski definition) is 4. The van der Waals surface area contributed by atoms with Gasteiger partial charge in [0.15, 0.2) is 0 Å². The van der Waals surface area contributed by atoms with Gasteiger partial charge in [0.25, 0.3) is 6.71 Å². The van der Waals surface area contributed by atoms with Crippen molar-refractivity contribution in [2.45, 2.75) is 119 Å². The summed E-state index contributed by atoms with van der Waals surface area (Å²) < 4.78 is 12.7. The molecule has 0 fully saturated rings. The summed E-state index contributed by atoms with van der Waals surface area (Å²) in [6.45, 7) is 31.8.